The summed E-state index contributed by atoms with van der Waals surface area (Å²) in [5, 5.41) is 9.09. The van der Waals surface area contributed by atoms with E-state index >= 15 is 0 Å². The Kier molecular flexibility index (Phi) is 7.80. The number of furan rings is 1. The largest absolute Gasteiger partial charge is 0.455 e. The summed E-state index contributed by atoms with van der Waals surface area (Å²) in [6.45, 7) is 0. The maximum atomic E-state index is 6.62. The van der Waals surface area contributed by atoms with Crippen molar-refractivity contribution in [3.05, 3.63) is 152 Å². The molecule has 2 aromatic heterocycles. The van der Waals surface area contributed by atoms with Crippen LogP contribution in [0.15, 0.2) is 156 Å². The van der Waals surface area contributed by atoms with Crippen LogP contribution in [0.1, 0.15) is 0 Å². The fourth-order valence-corrected chi connectivity index (χ4v) is 9.93. The lowest BCUT2D eigenvalue weighted by Gasteiger charge is -2.35. The number of fused-ring (bicyclic) bond motifs is 8. The van der Waals surface area contributed by atoms with Gasteiger partial charge >= 0.3 is 0 Å². The van der Waals surface area contributed by atoms with E-state index < -0.39 is 0 Å². The highest BCUT2D eigenvalue weighted by atomic mass is 16.3. The van der Waals surface area contributed by atoms with E-state index in [4.69, 9.17) is 19.4 Å². The summed E-state index contributed by atoms with van der Waals surface area (Å²) in [5.74, 6) is 1.83. The van der Waals surface area contributed by atoms with Gasteiger partial charge in [0.15, 0.2) is 17.5 Å². The Morgan fingerprint density at radius 3 is 1.80 bits per heavy atom. The highest BCUT2D eigenvalue weighted by Gasteiger charge is 2.29. The summed E-state index contributed by atoms with van der Waals surface area (Å²) in [5.41, 5.74) is 16.3. The molecule has 280 valence electrons. The first-order valence-electron chi connectivity index (χ1n) is 21.0. The second-order valence-corrected chi connectivity index (χ2v) is 16.5. The highest BCUT2D eigenvalue weighted by Crippen LogP contribution is 2.54. The molecular weight excluding hydrogens is 739 g/mol. The van der Waals surface area contributed by atoms with Gasteiger partial charge in [-0.15, -0.1) is 16.4 Å². The van der Waals surface area contributed by atoms with Crippen molar-refractivity contribution in [2.24, 2.45) is 0 Å². The zero-order valence-electron chi connectivity index (χ0n) is 34.6. The van der Waals surface area contributed by atoms with Gasteiger partial charge in [0.2, 0.25) is 0 Å². The molecule has 0 radical (unpaired) electrons. The summed E-state index contributed by atoms with van der Waals surface area (Å²) >= 11 is 0. The molecule has 1 aliphatic heterocycles. The van der Waals surface area contributed by atoms with Crippen molar-refractivity contribution in [3.8, 4) is 45.3 Å². The molecule has 0 spiro atoms. The Balaban J connectivity index is 1.18. The zero-order chi connectivity index (χ0) is 41.1. The van der Waals surface area contributed by atoms with Crippen LogP contribution < -0.4 is 32.2 Å². The number of para-hydroxylation sites is 2. The van der Waals surface area contributed by atoms with E-state index in [1.54, 1.807) is 0 Å². The van der Waals surface area contributed by atoms with Gasteiger partial charge in [-0.05, 0) is 57.4 Å². The fraction of sp³-hybridized carbons (Fsp3) is 0. The van der Waals surface area contributed by atoms with Crippen LogP contribution in [0.5, 0.6) is 0 Å². The van der Waals surface area contributed by atoms with Crippen LogP contribution in [0.2, 0.25) is 0 Å². The van der Waals surface area contributed by atoms with E-state index in [2.05, 4.69) is 184 Å². The van der Waals surface area contributed by atoms with Crippen molar-refractivity contribution in [2.45, 2.75) is 0 Å². The number of anilines is 3. The van der Waals surface area contributed by atoms with Crippen LogP contribution in [-0.2, 0) is 0 Å². The van der Waals surface area contributed by atoms with Crippen molar-refractivity contribution in [1.82, 2.24) is 15.0 Å². The molecule has 12 rings (SSSR count). The minimum absolute atomic E-state index is 0.571. The maximum absolute atomic E-state index is 6.62. The van der Waals surface area contributed by atoms with Gasteiger partial charge < -0.3 is 9.32 Å². The predicted molar refractivity (Wildman–Crippen MR) is 270 cm³/mol. The average Bonchev–Trinajstić information content (AvgIpc) is 3.69. The normalized spacial score (nSPS) is 12.2. The minimum atomic E-state index is 0.571. The number of hydrogen-bond acceptors (Lipinski definition) is 5. The van der Waals surface area contributed by atoms with Crippen LogP contribution in [-0.4, -0.2) is 54.2 Å². The van der Waals surface area contributed by atoms with Gasteiger partial charge in [-0.1, -0.05) is 132 Å². The summed E-state index contributed by atoms with van der Waals surface area (Å²) in [6.07, 6.45) is 0. The van der Waals surface area contributed by atoms with Crippen LogP contribution >= 0.6 is 0 Å². The van der Waals surface area contributed by atoms with Gasteiger partial charge in [0.25, 0.3) is 0 Å². The Morgan fingerprint density at radius 2 is 1.00 bits per heavy atom. The van der Waals surface area contributed by atoms with Crippen molar-refractivity contribution in [2.75, 3.05) is 4.90 Å². The van der Waals surface area contributed by atoms with Crippen molar-refractivity contribution >= 4 is 138 Å². The summed E-state index contributed by atoms with van der Waals surface area (Å²) < 4.78 is 6.62. The summed E-state index contributed by atoms with van der Waals surface area (Å²) in [6, 6.07) is 54.2. The smallest absolute Gasteiger partial charge is 0.167 e. The molecule has 0 saturated heterocycles. The first-order valence-corrected chi connectivity index (χ1v) is 21.0. The topological polar surface area (TPSA) is 55.1 Å². The molecule has 11 aromatic rings. The van der Waals surface area contributed by atoms with E-state index in [1.165, 1.54) is 60.0 Å². The Bertz CT molecular complexity index is 3660. The lowest BCUT2D eigenvalue weighted by Crippen LogP contribution is -2.55. The summed E-state index contributed by atoms with van der Waals surface area (Å²) in [4.78, 5) is 18.8. The van der Waals surface area contributed by atoms with E-state index in [9.17, 15) is 0 Å². The number of aromatic nitrogens is 3. The second-order valence-electron chi connectivity index (χ2n) is 16.5. The van der Waals surface area contributed by atoms with E-state index in [1.807, 2.05) is 12.1 Å². The Morgan fingerprint density at radius 1 is 0.410 bits per heavy atom. The van der Waals surface area contributed by atoms with Crippen molar-refractivity contribution < 1.29 is 4.42 Å². The summed E-state index contributed by atoms with van der Waals surface area (Å²) in [7, 11) is 11.0. The third kappa shape index (κ3) is 5.24. The lowest BCUT2D eigenvalue weighted by atomic mass is 9.60. The average molecular weight is 774 g/mol. The van der Waals surface area contributed by atoms with E-state index in [0.717, 1.165) is 66.5 Å². The monoisotopic (exact) mass is 774 g/mol. The number of hydrogen-bond donors (Lipinski definition) is 0. The molecule has 61 heavy (non-hydrogen) atoms. The van der Waals surface area contributed by atoms with Gasteiger partial charge in [-0.2, -0.15) is 0 Å². The van der Waals surface area contributed by atoms with E-state index in [0.29, 0.717) is 17.5 Å². The molecular formula is C51H35B5N4O. The lowest BCUT2D eigenvalue weighted by molar-refractivity contribution is 0.669. The molecule has 0 fully saturated rings. The van der Waals surface area contributed by atoms with Gasteiger partial charge in [-0.25, -0.2) is 15.0 Å². The van der Waals surface area contributed by atoms with E-state index in [-0.39, 0.29) is 0 Å². The van der Waals surface area contributed by atoms with Gasteiger partial charge in [-0.3, -0.25) is 0 Å². The predicted octanol–water partition coefficient (Wildman–Crippen LogP) is 4.97. The molecule has 10 heteroatoms. The third-order valence-corrected chi connectivity index (χ3v) is 13.4. The van der Waals surface area contributed by atoms with Crippen LogP contribution in [0, 0.1) is 0 Å². The van der Waals surface area contributed by atoms with Gasteiger partial charge in [0.1, 0.15) is 50.4 Å². The van der Waals surface area contributed by atoms with Crippen molar-refractivity contribution in [3.63, 3.8) is 0 Å². The minimum Gasteiger partial charge on any atom is -0.455 e. The first-order chi connectivity index (χ1) is 29.8. The van der Waals surface area contributed by atoms with Crippen LogP contribution in [0.4, 0.5) is 17.1 Å². The Hall–Kier alpha value is -7.31. The molecule has 5 nitrogen and oxygen atoms in total. The standard InChI is InChI=1S/C51H35B5N4O/c52-42-41(43(53)45(55)46(56)44(42)54)51-58-49(36-19-9-18-35-32-16-5-6-21-39(32)61-48(35)36)57-50(59-51)37-25-29(24-28-11-2-3-14-30(28)37)60-38-20-8-13-27-12-7-17-33(40(27)38)34-23-22-26-10-1-4-15-31(26)47(34)60/h1-25H,52-56H2. The molecule has 0 unspecified atom stereocenters. The maximum Gasteiger partial charge on any atom is 0.167 e. The molecule has 9 aromatic carbocycles. The molecule has 0 saturated carbocycles. The number of rotatable bonds is 4. The third-order valence-electron chi connectivity index (χ3n) is 13.4. The zero-order valence-corrected chi connectivity index (χ0v) is 34.6. The quantitative estimate of drug-likeness (QED) is 0.237. The molecule has 3 heterocycles. The Labute approximate surface area is 357 Å². The molecule has 0 bridgehead atoms. The molecule has 0 aliphatic carbocycles. The number of nitrogens with zero attached hydrogens (tertiary/aromatic N) is 4. The van der Waals surface area contributed by atoms with Gasteiger partial charge in [0, 0.05) is 43.9 Å². The van der Waals surface area contributed by atoms with Crippen molar-refractivity contribution in [1.29, 1.82) is 0 Å². The van der Waals surface area contributed by atoms with Crippen LogP contribution in [0.3, 0.4) is 0 Å². The van der Waals surface area contributed by atoms with Gasteiger partial charge in [0.05, 0.1) is 16.9 Å². The second kappa shape index (κ2) is 13.4. The fourth-order valence-electron chi connectivity index (χ4n) is 9.93. The molecule has 1 aliphatic rings. The highest BCUT2D eigenvalue weighted by molar-refractivity contribution is 6.68. The SMILES string of the molecule is Bc1c(B)c(B)c(-c2nc(-c3cc(N4c5c(ccc6ccccc56)-c5cccc6cccc4c56)cc4ccccc34)nc(-c3cccc4c3oc3ccccc34)n2)c(B)c1B. The first kappa shape index (κ1) is 35.6. The number of benzene rings is 9. The molecule has 0 amide bonds. The van der Waals surface area contributed by atoms with Crippen LogP contribution in [0.25, 0.3) is 99.5 Å². The molecule has 0 N–H and O–H groups in total. The molecule has 0 atom stereocenters.